The second-order valence-corrected chi connectivity index (χ2v) is 6.60. The molecule has 0 atom stereocenters. The number of amides is 1. The molecule has 25 heavy (non-hydrogen) atoms. The molecule has 3 rings (SSSR count). The summed E-state index contributed by atoms with van der Waals surface area (Å²) in [7, 11) is 0. The normalized spacial score (nSPS) is 18.4. The van der Waals surface area contributed by atoms with E-state index in [-0.39, 0.29) is 17.7 Å². The molecule has 2 aliphatic rings. The van der Waals surface area contributed by atoms with Gasteiger partial charge in [-0.05, 0) is 5.56 Å². The van der Waals surface area contributed by atoms with Crippen LogP contribution in [0.25, 0.3) is 0 Å². The first-order chi connectivity index (χ1) is 12.2. The van der Waals surface area contributed by atoms with Crippen LogP contribution in [0.5, 0.6) is 0 Å². The SMILES string of the molecule is C#CCCC1(CCNC(=O)CN2CC(OCc3ccccc3)C2)N=N1. The van der Waals surface area contributed by atoms with E-state index in [9.17, 15) is 4.79 Å². The van der Waals surface area contributed by atoms with Crippen molar-refractivity contribution < 1.29 is 9.53 Å². The van der Waals surface area contributed by atoms with Crippen molar-refractivity contribution >= 4 is 5.91 Å². The summed E-state index contributed by atoms with van der Waals surface area (Å²) in [6.07, 6.45) is 7.64. The smallest absolute Gasteiger partial charge is 0.234 e. The summed E-state index contributed by atoms with van der Waals surface area (Å²) in [5.74, 6) is 2.64. The number of likely N-dealkylation sites (tertiary alicyclic amines) is 1. The van der Waals surface area contributed by atoms with Gasteiger partial charge in [0.1, 0.15) is 0 Å². The molecule has 1 aromatic carbocycles. The predicted molar refractivity (Wildman–Crippen MR) is 94.7 cm³/mol. The number of ether oxygens (including phenoxy) is 1. The molecule has 1 fully saturated rings. The van der Waals surface area contributed by atoms with Crippen LogP contribution in [0.2, 0.25) is 0 Å². The van der Waals surface area contributed by atoms with Crippen LogP contribution in [-0.2, 0) is 16.1 Å². The van der Waals surface area contributed by atoms with Gasteiger partial charge in [-0.1, -0.05) is 30.3 Å². The van der Waals surface area contributed by atoms with Crippen LogP contribution in [0.4, 0.5) is 0 Å². The lowest BCUT2D eigenvalue weighted by Gasteiger charge is -2.38. The van der Waals surface area contributed by atoms with Crippen LogP contribution >= 0.6 is 0 Å². The summed E-state index contributed by atoms with van der Waals surface area (Å²) in [5.41, 5.74) is 0.848. The molecule has 6 nitrogen and oxygen atoms in total. The van der Waals surface area contributed by atoms with Crippen molar-refractivity contribution in [1.29, 1.82) is 0 Å². The van der Waals surface area contributed by atoms with Crippen LogP contribution in [-0.4, -0.2) is 48.8 Å². The molecule has 0 radical (unpaired) electrons. The van der Waals surface area contributed by atoms with Gasteiger partial charge >= 0.3 is 0 Å². The van der Waals surface area contributed by atoms with Gasteiger partial charge in [-0.3, -0.25) is 9.69 Å². The van der Waals surface area contributed by atoms with Crippen molar-refractivity contribution in [2.45, 2.75) is 37.6 Å². The molecule has 132 valence electrons. The number of nitrogens with one attached hydrogen (secondary N) is 1. The fourth-order valence-corrected chi connectivity index (χ4v) is 2.87. The first-order valence-electron chi connectivity index (χ1n) is 8.71. The van der Waals surface area contributed by atoms with Crippen molar-refractivity contribution in [3.63, 3.8) is 0 Å². The Labute approximate surface area is 148 Å². The second-order valence-electron chi connectivity index (χ2n) is 6.60. The first kappa shape index (κ1) is 17.6. The molecule has 0 saturated carbocycles. The summed E-state index contributed by atoms with van der Waals surface area (Å²) in [6, 6.07) is 10.1. The highest BCUT2D eigenvalue weighted by Gasteiger charge is 2.38. The summed E-state index contributed by atoms with van der Waals surface area (Å²) >= 11 is 0. The highest BCUT2D eigenvalue weighted by atomic mass is 16.5. The molecule has 0 unspecified atom stereocenters. The van der Waals surface area contributed by atoms with E-state index in [0.717, 1.165) is 25.9 Å². The van der Waals surface area contributed by atoms with E-state index in [0.29, 0.717) is 26.1 Å². The van der Waals surface area contributed by atoms with Gasteiger partial charge in [-0.25, -0.2) is 0 Å². The molecule has 1 amide bonds. The Morgan fingerprint density at radius 1 is 1.32 bits per heavy atom. The number of carbonyl (C=O) groups is 1. The average molecular weight is 340 g/mol. The largest absolute Gasteiger partial charge is 0.371 e. The fourth-order valence-electron chi connectivity index (χ4n) is 2.87. The lowest BCUT2D eigenvalue weighted by Crippen LogP contribution is -2.55. The third-order valence-electron chi connectivity index (χ3n) is 4.52. The van der Waals surface area contributed by atoms with E-state index in [2.05, 4.69) is 38.5 Å². The molecule has 6 heteroatoms. The molecular weight excluding hydrogens is 316 g/mol. The molecule has 1 aromatic rings. The van der Waals surface area contributed by atoms with Crippen LogP contribution in [0.15, 0.2) is 40.6 Å². The van der Waals surface area contributed by atoms with Gasteiger partial charge in [0.25, 0.3) is 0 Å². The van der Waals surface area contributed by atoms with Gasteiger partial charge in [-0.15, -0.1) is 12.3 Å². The standard InChI is InChI=1S/C19H24N4O2/c1-2-3-9-19(21-22-19)10-11-20-18(24)14-23-12-17(13-23)25-15-16-7-5-4-6-8-16/h1,4-8,17H,3,9-15H2,(H,20,24). The van der Waals surface area contributed by atoms with Crippen molar-refractivity contribution in [2.24, 2.45) is 10.2 Å². The average Bonchev–Trinajstić information content (AvgIpc) is 3.36. The Morgan fingerprint density at radius 3 is 2.76 bits per heavy atom. The van der Waals surface area contributed by atoms with Gasteiger partial charge in [0.15, 0.2) is 5.66 Å². The quantitative estimate of drug-likeness (QED) is 0.662. The Bertz CT molecular complexity index is 641. The molecule has 1 saturated heterocycles. The van der Waals surface area contributed by atoms with Crippen LogP contribution in [0.1, 0.15) is 24.8 Å². The lowest BCUT2D eigenvalue weighted by atomic mass is 10.0. The highest BCUT2D eigenvalue weighted by molar-refractivity contribution is 5.78. The number of nitrogens with zero attached hydrogens (tertiary/aromatic N) is 3. The third kappa shape index (κ3) is 5.38. The summed E-state index contributed by atoms with van der Waals surface area (Å²) in [6.45, 7) is 3.22. The zero-order valence-electron chi connectivity index (χ0n) is 14.4. The van der Waals surface area contributed by atoms with Gasteiger partial charge < -0.3 is 10.1 Å². The molecule has 2 aliphatic heterocycles. The van der Waals surface area contributed by atoms with E-state index in [1.165, 1.54) is 5.56 Å². The Balaban J connectivity index is 1.24. The minimum Gasteiger partial charge on any atom is -0.371 e. The van der Waals surface area contributed by atoms with E-state index in [1.54, 1.807) is 0 Å². The van der Waals surface area contributed by atoms with E-state index in [4.69, 9.17) is 11.2 Å². The monoisotopic (exact) mass is 340 g/mol. The topological polar surface area (TPSA) is 66.3 Å². The minimum atomic E-state index is -0.327. The predicted octanol–water partition coefficient (Wildman–Crippen LogP) is 1.97. The fraction of sp³-hybridized carbons (Fsp3) is 0.526. The second kappa shape index (κ2) is 8.24. The molecular formula is C19H24N4O2. The molecule has 0 aliphatic carbocycles. The summed E-state index contributed by atoms with van der Waals surface area (Å²) in [4.78, 5) is 14.1. The van der Waals surface area contributed by atoms with E-state index >= 15 is 0 Å². The summed E-state index contributed by atoms with van der Waals surface area (Å²) < 4.78 is 5.83. The Kier molecular flexibility index (Phi) is 5.79. The third-order valence-corrected chi connectivity index (χ3v) is 4.52. The van der Waals surface area contributed by atoms with Crippen LogP contribution in [0.3, 0.4) is 0 Å². The van der Waals surface area contributed by atoms with Crippen molar-refractivity contribution in [3.8, 4) is 12.3 Å². The van der Waals surface area contributed by atoms with Crippen LogP contribution < -0.4 is 5.32 Å². The van der Waals surface area contributed by atoms with Gasteiger partial charge in [-0.2, -0.15) is 10.2 Å². The number of carbonyl (C=O) groups excluding carboxylic acids is 1. The highest BCUT2D eigenvalue weighted by Crippen LogP contribution is 2.35. The molecule has 0 bridgehead atoms. The first-order valence-corrected chi connectivity index (χ1v) is 8.71. The number of rotatable bonds is 10. The van der Waals surface area contributed by atoms with Crippen molar-refractivity contribution in [1.82, 2.24) is 10.2 Å². The Hall–Kier alpha value is -2.23. The Morgan fingerprint density at radius 2 is 2.08 bits per heavy atom. The molecule has 0 spiro atoms. The summed E-state index contributed by atoms with van der Waals surface area (Å²) in [5, 5.41) is 11.1. The number of hydrogen-bond donors (Lipinski definition) is 1. The van der Waals surface area contributed by atoms with Gasteiger partial charge in [0.2, 0.25) is 5.91 Å². The molecule has 2 heterocycles. The van der Waals surface area contributed by atoms with Gasteiger partial charge in [0, 0.05) is 38.9 Å². The maximum absolute atomic E-state index is 12.0. The maximum atomic E-state index is 12.0. The van der Waals surface area contributed by atoms with Crippen LogP contribution in [0, 0.1) is 12.3 Å². The molecule has 1 N–H and O–H groups in total. The molecule has 0 aromatic heterocycles. The number of terminal acetylenes is 1. The zero-order chi connectivity index (χ0) is 17.5. The van der Waals surface area contributed by atoms with Crippen molar-refractivity contribution in [2.75, 3.05) is 26.2 Å². The van der Waals surface area contributed by atoms with Crippen molar-refractivity contribution in [3.05, 3.63) is 35.9 Å². The van der Waals surface area contributed by atoms with Gasteiger partial charge in [0.05, 0.1) is 19.3 Å². The maximum Gasteiger partial charge on any atom is 0.234 e. The zero-order valence-corrected chi connectivity index (χ0v) is 14.4. The number of hydrogen-bond acceptors (Lipinski definition) is 5. The van der Waals surface area contributed by atoms with E-state index in [1.807, 2.05) is 18.2 Å². The lowest BCUT2D eigenvalue weighted by molar-refractivity contribution is -0.127. The minimum absolute atomic E-state index is 0.0364. The van der Waals surface area contributed by atoms with E-state index < -0.39 is 0 Å². The number of benzene rings is 1.